The van der Waals surface area contributed by atoms with Crippen LogP contribution in [0.2, 0.25) is 0 Å². The zero-order valence-electron chi connectivity index (χ0n) is 15.9. The van der Waals surface area contributed by atoms with Crippen LogP contribution in [0.5, 0.6) is 0 Å². The second-order valence-electron chi connectivity index (χ2n) is 6.81. The van der Waals surface area contributed by atoms with E-state index >= 15 is 0 Å². The summed E-state index contributed by atoms with van der Waals surface area (Å²) in [4.78, 5) is 20.4. The molecule has 1 aromatic carbocycles. The average Bonchev–Trinajstić information content (AvgIpc) is 3.35. The molecule has 0 N–H and O–H groups in total. The Morgan fingerprint density at radius 1 is 1.29 bits per heavy atom. The fourth-order valence-electron chi connectivity index (χ4n) is 3.11. The number of carbonyl (C=O) groups excluding carboxylic acids is 1. The summed E-state index contributed by atoms with van der Waals surface area (Å²) in [5.74, 6) is 0.526. The van der Waals surface area contributed by atoms with Gasteiger partial charge in [-0.05, 0) is 30.7 Å². The van der Waals surface area contributed by atoms with Gasteiger partial charge in [0.15, 0.2) is 0 Å². The summed E-state index contributed by atoms with van der Waals surface area (Å²) in [5.41, 5.74) is 1.83. The van der Waals surface area contributed by atoms with Crippen molar-refractivity contribution in [3.8, 4) is 0 Å². The smallest absolute Gasteiger partial charge is 0.264 e. The van der Waals surface area contributed by atoms with Gasteiger partial charge in [-0.2, -0.15) is 5.10 Å². The molecule has 0 aliphatic rings. The number of nitrogens with zero attached hydrogens (tertiary/aromatic N) is 5. The number of hydrogen-bond acceptors (Lipinski definition) is 4. The Labute approximate surface area is 165 Å². The summed E-state index contributed by atoms with van der Waals surface area (Å²) in [5, 5.41) is 5.55. The minimum atomic E-state index is -0.259. The van der Waals surface area contributed by atoms with E-state index in [1.165, 1.54) is 23.5 Å². The minimum absolute atomic E-state index is 0.0445. The van der Waals surface area contributed by atoms with Crippen molar-refractivity contribution in [3.63, 3.8) is 0 Å². The molecule has 28 heavy (non-hydrogen) atoms. The lowest BCUT2D eigenvalue weighted by atomic mass is 10.2. The Balaban J connectivity index is 1.59. The van der Waals surface area contributed by atoms with Crippen LogP contribution in [0.1, 0.15) is 26.8 Å². The van der Waals surface area contributed by atoms with E-state index in [1.54, 1.807) is 30.3 Å². The van der Waals surface area contributed by atoms with Crippen molar-refractivity contribution in [1.82, 2.24) is 24.2 Å². The highest BCUT2D eigenvalue weighted by Gasteiger charge is 2.20. The standard InChI is InChI=1S/C20H20FN5OS/c1-13-16-10-17(19(27)25(3)12-18-22-8-9-24(18)2)28-20(16)26(23-13)11-14-4-6-15(21)7-5-14/h4-10H,11-12H2,1-3H3. The summed E-state index contributed by atoms with van der Waals surface area (Å²) >= 11 is 1.43. The molecule has 0 saturated heterocycles. The zero-order valence-corrected chi connectivity index (χ0v) is 16.7. The lowest BCUT2D eigenvalue weighted by molar-refractivity contribution is 0.0785. The fraction of sp³-hybridized carbons (Fsp3) is 0.250. The van der Waals surface area contributed by atoms with Crippen LogP contribution >= 0.6 is 11.3 Å². The van der Waals surface area contributed by atoms with Crippen molar-refractivity contribution in [2.75, 3.05) is 7.05 Å². The Hall–Kier alpha value is -3.00. The number of aromatic nitrogens is 4. The molecule has 0 spiro atoms. The SMILES string of the molecule is Cc1nn(Cc2ccc(F)cc2)c2sc(C(=O)N(C)Cc3nccn3C)cc12. The maximum Gasteiger partial charge on any atom is 0.264 e. The molecule has 0 aliphatic carbocycles. The normalized spacial score (nSPS) is 11.3. The number of benzene rings is 1. The number of carbonyl (C=O) groups is 1. The molecule has 8 heteroatoms. The van der Waals surface area contributed by atoms with Crippen LogP contribution in [-0.4, -0.2) is 37.2 Å². The van der Waals surface area contributed by atoms with Crippen LogP contribution in [0.4, 0.5) is 4.39 Å². The first-order valence-corrected chi connectivity index (χ1v) is 9.67. The van der Waals surface area contributed by atoms with Crippen molar-refractivity contribution in [2.45, 2.75) is 20.0 Å². The molecule has 0 unspecified atom stereocenters. The number of fused-ring (bicyclic) bond motifs is 1. The van der Waals surface area contributed by atoms with Gasteiger partial charge in [-0.15, -0.1) is 11.3 Å². The summed E-state index contributed by atoms with van der Waals surface area (Å²) < 4.78 is 16.9. The molecule has 3 heterocycles. The molecule has 0 aliphatic heterocycles. The third-order valence-electron chi connectivity index (χ3n) is 4.71. The molecule has 6 nitrogen and oxygen atoms in total. The van der Waals surface area contributed by atoms with E-state index in [0.29, 0.717) is 18.0 Å². The topological polar surface area (TPSA) is 56.0 Å². The number of aryl methyl sites for hydroxylation is 2. The number of amides is 1. The highest BCUT2D eigenvalue weighted by molar-refractivity contribution is 7.20. The maximum absolute atomic E-state index is 13.1. The Morgan fingerprint density at radius 3 is 2.71 bits per heavy atom. The van der Waals surface area contributed by atoms with E-state index in [-0.39, 0.29) is 11.7 Å². The van der Waals surface area contributed by atoms with Gasteiger partial charge in [0.1, 0.15) is 16.5 Å². The van der Waals surface area contributed by atoms with Crippen LogP contribution in [0.3, 0.4) is 0 Å². The van der Waals surface area contributed by atoms with Crippen LogP contribution < -0.4 is 0 Å². The van der Waals surface area contributed by atoms with Gasteiger partial charge in [0.2, 0.25) is 0 Å². The van der Waals surface area contributed by atoms with Gasteiger partial charge in [0, 0.05) is 31.9 Å². The second kappa shape index (κ2) is 7.20. The molecular formula is C20H20FN5OS. The molecular weight excluding hydrogens is 377 g/mol. The minimum Gasteiger partial charge on any atom is -0.337 e. The predicted octanol–water partition coefficient (Wildman–Crippen LogP) is 3.60. The Morgan fingerprint density at radius 2 is 2.04 bits per heavy atom. The van der Waals surface area contributed by atoms with Crippen molar-refractivity contribution in [3.05, 3.63) is 70.5 Å². The summed E-state index contributed by atoms with van der Waals surface area (Å²) in [6, 6.07) is 8.29. The van der Waals surface area contributed by atoms with E-state index in [1.807, 2.05) is 35.5 Å². The molecule has 3 aromatic heterocycles. The highest BCUT2D eigenvalue weighted by atomic mass is 32.1. The molecule has 0 saturated carbocycles. The summed E-state index contributed by atoms with van der Waals surface area (Å²) in [6.07, 6.45) is 3.58. The van der Waals surface area contributed by atoms with Crippen LogP contribution in [0.15, 0.2) is 42.7 Å². The van der Waals surface area contributed by atoms with Gasteiger partial charge in [-0.25, -0.2) is 9.37 Å². The fourth-order valence-corrected chi connectivity index (χ4v) is 4.26. The highest BCUT2D eigenvalue weighted by Crippen LogP contribution is 2.29. The van der Waals surface area contributed by atoms with Gasteiger partial charge in [0.25, 0.3) is 5.91 Å². The Kier molecular flexibility index (Phi) is 4.72. The third-order valence-corrected chi connectivity index (χ3v) is 5.85. The molecule has 1 amide bonds. The number of rotatable bonds is 5. The van der Waals surface area contributed by atoms with Crippen LogP contribution in [0, 0.1) is 12.7 Å². The van der Waals surface area contributed by atoms with Crippen molar-refractivity contribution in [1.29, 1.82) is 0 Å². The lowest BCUT2D eigenvalue weighted by Crippen LogP contribution is -2.26. The predicted molar refractivity (Wildman–Crippen MR) is 107 cm³/mol. The van der Waals surface area contributed by atoms with E-state index in [2.05, 4.69) is 10.1 Å². The number of imidazole rings is 1. The second-order valence-corrected chi connectivity index (χ2v) is 7.85. The number of hydrogen-bond donors (Lipinski definition) is 0. The van der Waals surface area contributed by atoms with Gasteiger partial charge in [-0.1, -0.05) is 12.1 Å². The quantitative estimate of drug-likeness (QED) is 0.517. The van der Waals surface area contributed by atoms with Gasteiger partial charge in [-0.3, -0.25) is 9.48 Å². The van der Waals surface area contributed by atoms with Crippen molar-refractivity contribution < 1.29 is 9.18 Å². The van der Waals surface area contributed by atoms with E-state index in [9.17, 15) is 9.18 Å². The third kappa shape index (κ3) is 3.43. The lowest BCUT2D eigenvalue weighted by Gasteiger charge is -2.15. The zero-order chi connectivity index (χ0) is 19.8. The first kappa shape index (κ1) is 18.4. The number of halogens is 1. The molecule has 4 aromatic rings. The van der Waals surface area contributed by atoms with Crippen LogP contribution in [-0.2, 0) is 20.1 Å². The molecule has 144 valence electrons. The molecule has 0 radical (unpaired) electrons. The molecule has 0 atom stereocenters. The first-order chi connectivity index (χ1) is 13.4. The van der Waals surface area contributed by atoms with Gasteiger partial charge >= 0.3 is 0 Å². The largest absolute Gasteiger partial charge is 0.337 e. The first-order valence-electron chi connectivity index (χ1n) is 8.85. The molecule has 0 fully saturated rings. The molecule has 0 bridgehead atoms. The monoisotopic (exact) mass is 397 g/mol. The molecule has 4 rings (SSSR count). The van der Waals surface area contributed by atoms with Crippen molar-refractivity contribution in [2.24, 2.45) is 7.05 Å². The summed E-state index contributed by atoms with van der Waals surface area (Å²) in [6.45, 7) is 2.90. The van der Waals surface area contributed by atoms with E-state index in [4.69, 9.17) is 0 Å². The van der Waals surface area contributed by atoms with E-state index < -0.39 is 0 Å². The van der Waals surface area contributed by atoms with E-state index in [0.717, 1.165) is 27.3 Å². The maximum atomic E-state index is 13.1. The average molecular weight is 397 g/mol. The number of thiophene rings is 1. The van der Waals surface area contributed by atoms with Gasteiger partial charge in [0.05, 0.1) is 23.7 Å². The van der Waals surface area contributed by atoms with Crippen molar-refractivity contribution >= 4 is 27.5 Å². The Bertz CT molecular complexity index is 1140. The van der Waals surface area contributed by atoms with Gasteiger partial charge < -0.3 is 9.47 Å². The summed E-state index contributed by atoms with van der Waals surface area (Å²) in [7, 11) is 3.69. The van der Waals surface area contributed by atoms with Crippen LogP contribution in [0.25, 0.3) is 10.2 Å².